The average molecular weight is 294 g/mol. The summed E-state index contributed by atoms with van der Waals surface area (Å²) in [6, 6.07) is 5.67. The molecule has 0 heterocycles. The van der Waals surface area contributed by atoms with Crippen LogP contribution in [0, 0.1) is 0 Å². The summed E-state index contributed by atoms with van der Waals surface area (Å²) in [5, 5.41) is 10.4. The van der Waals surface area contributed by atoms with E-state index in [-0.39, 0.29) is 0 Å². The molecule has 1 rings (SSSR count). The molecule has 1 aromatic carbocycles. The Morgan fingerprint density at radius 2 is 2.27 bits per heavy atom. The van der Waals surface area contributed by atoms with Crippen LogP contribution >= 0.6 is 27.5 Å². The molecule has 0 saturated heterocycles. The van der Waals surface area contributed by atoms with Gasteiger partial charge in [-0.15, -0.1) is 0 Å². The van der Waals surface area contributed by atoms with Crippen LogP contribution in [0.1, 0.15) is 12.0 Å². The number of benzene rings is 1. The highest BCUT2D eigenvalue weighted by atomic mass is 79.9. The zero-order valence-electron chi connectivity index (χ0n) is 8.54. The van der Waals surface area contributed by atoms with E-state index >= 15 is 0 Å². The van der Waals surface area contributed by atoms with Gasteiger partial charge in [0.25, 0.3) is 0 Å². The third-order valence-electron chi connectivity index (χ3n) is 2.13. The Bertz CT molecular complexity index is 317. The van der Waals surface area contributed by atoms with Crippen molar-refractivity contribution < 1.29 is 9.84 Å². The summed E-state index contributed by atoms with van der Waals surface area (Å²) in [5.74, 6) is 0. The second-order valence-corrected chi connectivity index (χ2v) is 4.70. The molecule has 84 valence electrons. The molecule has 0 bridgehead atoms. The number of rotatable bonds is 5. The van der Waals surface area contributed by atoms with Crippen molar-refractivity contribution in [2.75, 3.05) is 13.7 Å². The van der Waals surface area contributed by atoms with Gasteiger partial charge in [0, 0.05) is 23.2 Å². The van der Waals surface area contributed by atoms with Gasteiger partial charge >= 0.3 is 0 Å². The van der Waals surface area contributed by atoms with Crippen molar-refractivity contribution in [2.45, 2.75) is 18.9 Å². The molecule has 1 unspecified atom stereocenters. The van der Waals surface area contributed by atoms with Gasteiger partial charge < -0.3 is 9.84 Å². The topological polar surface area (TPSA) is 29.5 Å². The molecule has 0 fully saturated rings. The molecule has 1 N–H and O–H groups in total. The highest BCUT2D eigenvalue weighted by Crippen LogP contribution is 2.22. The Balaban J connectivity index is 2.56. The summed E-state index contributed by atoms with van der Waals surface area (Å²) in [6.07, 6.45) is 0.793. The number of methoxy groups -OCH3 is 1. The molecule has 0 saturated carbocycles. The minimum atomic E-state index is -0.399. The molecule has 0 aliphatic rings. The molecule has 1 atom stereocenters. The summed E-state index contributed by atoms with van der Waals surface area (Å²) < 4.78 is 5.85. The molecule has 2 nitrogen and oxygen atoms in total. The van der Waals surface area contributed by atoms with Crippen LogP contribution in [-0.4, -0.2) is 24.9 Å². The molecule has 0 spiro atoms. The van der Waals surface area contributed by atoms with Gasteiger partial charge in [-0.25, -0.2) is 0 Å². The van der Waals surface area contributed by atoms with Crippen molar-refractivity contribution >= 4 is 27.5 Å². The summed E-state index contributed by atoms with van der Waals surface area (Å²) in [4.78, 5) is 0. The molecule has 0 amide bonds. The number of hydrogen-bond acceptors (Lipinski definition) is 2. The van der Waals surface area contributed by atoms with Crippen LogP contribution in [0.5, 0.6) is 0 Å². The molecule has 0 aromatic heterocycles. The van der Waals surface area contributed by atoms with Crippen molar-refractivity contribution in [1.29, 1.82) is 0 Å². The van der Waals surface area contributed by atoms with Crippen molar-refractivity contribution in [1.82, 2.24) is 0 Å². The Kier molecular flexibility index (Phi) is 5.61. The predicted octanol–water partition coefficient (Wildman–Crippen LogP) is 3.04. The van der Waals surface area contributed by atoms with Gasteiger partial charge in [-0.3, -0.25) is 0 Å². The first-order valence-electron chi connectivity index (χ1n) is 4.74. The van der Waals surface area contributed by atoms with Crippen LogP contribution in [0.3, 0.4) is 0 Å². The fourth-order valence-corrected chi connectivity index (χ4v) is 2.05. The van der Waals surface area contributed by atoms with Gasteiger partial charge in [0.15, 0.2) is 0 Å². The van der Waals surface area contributed by atoms with Crippen LogP contribution in [0.15, 0.2) is 22.7 Å². The van der Waals surface area contributed by atoms with Crippen molar-refractivity contribution in [2.24, 2.45) is 0 Å². The molecular formula is C11H14BrClO2. The number of ether oxygens (including phenoxy) is 1. The van der Waals surface area contributed by atoms with Gasteiger partial charge in [0.1, 0.15) is 0 Å². The first-order chi connectivity index (χ1) is 7.13. The summed E-state index contributed by atoms with van der Waals surface area (Å²) in [6.45, 7) is 0.565. The molecule has 0 aliphatic heterocycles. The second kappa shape index (κ2) is 6.48. The Labute approximate surface area is 103 Å². The van der Waals surface area contributed by atoms with E-state index in [0.717, 1.165) is 10.0 Å². The van der Waals surface area contributed by atoms with E-state index in [9.17, 15) is 5.11 Å². The number of hydrogen-bond donors (Lipinski definition) is 1. The maximum absolute atomic E-state index is 9.68. The minimum Gasteiger partial charge on any atom is -0.393 e. The largest absolute Gasteiger partial charge is 0.393 e. The Hall–Kier alpha value is -0.0900. The molecule has 4 heteroatoms. The lowest BCUT2D eigenvalue weighted by molar-refractivity contribution is 0.110. The Morgan fingerprint density at radius 1 is 1.53 bits per heavy atom. The molecule has 0 radical (unpaired) electrons. The van der Waals surface area contributed by atoms with E-state index < -0.39 is 6.10 Å². The lowest BCUT2D eigenvalue weighted by atomic mass is 10.1. The van der Waals surface area contributed by atoms with Crippen LogP contribution in [0.2, 0.25) is 5.02 Å². The number of aliphatic hydroxyl groups excluding tert-OH is 1. The lowest BCUT2D eigenvalue weighted by Gasteiger charge is -2.11. The first-order valence-corrected chi connectivity index (χ1v) is 5.91. The lowest BCUT2D eigenvalue weighted by Crippen LogP contribution is -2.13. The zero-order chi connectivity index (χ0) is 11.3. The smallest absolute Gasteiger partial charge is 0.0603 e. The fourth-order valence-electron chi connectivity index (χ4n) is 1.30. The summed E-state index contributed by atoms with van der Waals surface area (Å²) >= 11 is 9.37. The van der Waals surface area contributed by atoms with E-state index in [4.69, 9.17) is 16.3 Å². The molecule has 1 aromatic rings. The van der Waals surface area contributed by atoms with Crippen LogP contribution < -0.4 is 0 Å². The van der Waals surface area contributed by atoms with E-state index in [1.165, 1.54) is 0 Å². The third-order valence-corrected chi connectivity index (χ3v) is 2.97. The monoisotopic (exact) mass is 292 g/mol. The maximum Gasteiger partial charge on any atom is 0.0603 e. The second-order valence-electron chi connectivity index (χ2n) is 3.38. The maximum atomic E-state index is 9.68. The van der Waals surface area contributed by atoms with Crippen LogP contribution in [0.4, 0.5) is 0 Å². The van der Waals surface area contributed by atoms with Crippen molar-refractivity contribution in [3.63, 3.8) is 0 Å². The van der Waals surface area contributed by atoms with Gasteiger partial charge in [-0.05, 0) is 30.5 Å². The molecule has 0 aliphatic carbocycles. The van der Waals surface area contributed by atoms with E-state index in [1.54, 1.807) is 7.11 Å². The van der Waals surface area contributed by atoms with E-state index in [0.29, 0.717) is 24.5 Å². The highest BCUT2D eigenvalue weighted by Gasteiger charge is 2.08. The quantitative estimate of drug-likeness (QED) is 0.904. The highest BCUT2D eigenvalue weighted by molar-refractivity contribution is 9.10. The fraction of sp³-hybridized carbons (Fsp3) is 0.455. The van der Waals surface area contributed by atoms with Gasteiger partial charge in [-0.1, -0.05) is 33.6 Å². The Morgan fingerprint density at radius 3 is 2.87 bits per heavy atom. The summed E-state index contributed by atoms with van der Waals surface area (Å²) in [7, 11) is 1.62. The van der Waals surface area contributed by atoms with Gasteiger partial charge in [-0.2, -0.15) is 0 Å². The van der Waals surface area contributed by atoms with E-state index in [2.05, 4.69) is 15.9 Å². The summed E-state index contributed by atoms with van der Waals surface area (Å²) in [5.41, 5.74) is 0.962. The van der Waals surface area contributed by atoms with Gasteiger partial charge in [0.05, 0.1) is 6.10 Å². The SMILES string of the molecule is COCCC(O)Cc1ccc(Br)cc1Cl. The van der Waals surface area contributed by atoms with Crippen LogP contribution in [-0.2, 0) is 11.2 Å². The number of aliphatic hydroxyl groups is 1. The first kappa shape index (κ1) is 13.0. The molecule has 15 heavy (non-hydrogen) atoms. The third kappa shape index (κ3) is 4.51. The minimum absolute atomic E-state index is 0.399. The predicted molar refractivity (Wildman–Crippen MR) is 65.4 cm³/mol. The van der Waals surface area contributed by atoms with Crippen LogP contribution in [0.25, 0.3) is 0 Å². The van der Waals surface area contributed by atoms with Crippen molar-refractivity contribution in [3.05, 3.63) is 33.3 Å². The zero-order valence-corrected chi connectivity index (χ0v) is 10.9. The normalized spacial score (nSPS) is 12.8. The van der Waals surface area contributed by atoms with Gasteiger partial charge in [0.2, 0.25) is 0 Å². The molecular weight excluding hydrogens is 279 g/mol. The van der Waals surface area contributed by atoms with E-state index in [1.807, 2.05) is 18.2 Å². The standard InChI is InChI=1S/C11H14BrClO2/c1-15-5-4-10(14)6-8-2-3-9(12)7-11(8)13/h2-3,7,10,14H,4-6H2,1H3. The number of halogens is 2. The average Bonchev–Trinajstić information content (AvgIpc) is 2.19. The van der Waals surface area contributed by atoms with Crippen molar-refractivity contribution in [3.8, 4) is 0 Å².